The molecule has 1 aromatic heterocycles. The van der Waals surface area contributed by atoms with Gasteiger partial charge in [-0.05, 0) is 48.0 Å². The molecule has 0 unspecified atom stereocenters. The van der Waals surface area contributed by atoms with Gasteiger partial charge in [0.05, 0.1) is 26.5 Å². The number of rotatable bonds is 6. The third kappa shape index (κ3) is 4.36. The fourth-order valence-corrected chi connectivity index (χ4v) is 4.73. The Labute approximate surface area is 200 Å². The van der Waals surface area contributed by atoms with Crippen molar-refractivity contribution in [2.45, 2.75) is 6.54 Å². The standard InChI is InChI=1S/C26H23FN2O4S/c1-30-22-9-7-17(13-24(22)31-2)15-29-21(18-8-10-23-25(14-18)33-12-11-32-23)16-34-26(29)28-20-6-4-3-5-19(20)27/h3-10,13-14,16H,11-12,15H2,1-2H3. The van der Waals surface area contributed by atoms with Crippen LogP contribution in [-0.2, 0) is 6.54 Å². The van der Waals surface area contributed by atoms with E-state index in [-0.39, 0.29) is 5.82 Å². The molecule has 0 bridgehead atoms. The molecular formula is C26H23FN2O4S. The molecule has 6 nitrogen and oxygen atoms in total. The molecule has 1 aliphatic rings. The van der Waals surface area contributed by atoms with E-state index in [0.717, 1.165) is 22.6 Å². The second-order valence-electron chi connectivity index (χ2n) is 7.60. The molecule has 0 spiro atoms. The van der Waals surface area contributed by atoms with Crippen molar-refractivity contribution < 1.29 is 23.3 Å². The van der Waals surface area contributed by atoms with Gasteiger partial charge in [-0.2, -0.15) is 0 Å². The minimum absolute atomic E-state index is 0.291. The highest BCUT2D eigenvalue weighted by Crippen LogP contribution is 2.35. The van der Waals surface area contributed by atoms with Crippen LogP contribution in [0.25, 0.3) is 11.3 Å². The quantitative estimate of drug-likeness (QED) is 0.371. The molecule has 2 heterocycles. The fourth-order valence-electron chi connectivity index (χ4n) is 3.81. The highest BCUT2D eigenvalue weighted by Gasteiger charge is 2.16. The van der Waals surface area contributed by atoms with E-state index in [4.69, 9.17) is 18.9 Å². The minimum atomic E-state index is -0.366. The van der Waals surface area contributed by atoms with E-state index in [1.807, 2.05) is 41.8 Å². The largest absolute Gasteiger partial charge is 0.493 e. The minimum Gasteiger partial charge on any atom is -0.493 e. The third-order valence-electron chi connectivity index (χ3n) is 5.49. The first kappa shape index (κ1) is 22.0. The maximum atomic E-state index is 14.4. The molecule has 1 aliphatic heterocycles. The lowest BCUT2D eigenvalue weighted by Crippen LogP contribution is -2.17. The van der Waals surface area contributed by atoms with Crippen molar-refractivity contribution >= 4 is 17.0 Å². The maximum absolute atomic E-state index is 14.4. The van der Waals surface area contributed by atoms with Crippen molar-refractivity contribution in [2.75, 3.05) is 27.4 Å². The first-order valence-corrected chi connectivity index (χ1v) is 11.6. The summed E-state index contributed by atoms with van der Waals surface area (Å²) in [5.41, 5.74) is 3.17. The Balaban J connectivity index is 1.63. The van der Waals surface area contributed by atoms with E-state index in [1.165, 1.54) is 17.4 Å². The number of benzene rings is 3. The zero-order valence-electron chi connectivity index (χ0n) is 18.8. The molecule has 0 saturated carbocycles. The van der Waals surface area contributed by atoms with Crippen LogP contribution in [0.1, 0.15) is 5.56 Å². The molecule has 0 N–H and O–H groups in total. The SMILES string of the molecule is COc1ccc(Cn2c(-c3ccc4c(c3)OCCO4)csc2=Nc2ccccc2F)cc1OC. The molecule has 4 aromatic rings. The zero-order chi connectivity index (χ0) is 23.5. The average Bonchev–Trinajstić information content (AvgIpc) is 3.26. The van der Waals surface area contributed by atoms with Crippen molar-refractivity contribution in [3.05, 3.63) is 82.2 Å². The number of hydrogen-bond donors (Lipinski definition) is 0. The van der Waals surface area contributed by atoms with Crippen LogP contribution in [0.15, 0.2) is 71.0 Å². The van der Waals surface area contributed by atoms with E-state index < -0.39 is 0 Å². The highest BCUT2D eigenvalue weighted by molar-refractivity contribution is 7.07. The lowest BCUT2D eigenvalue weighted by atomic mass is 10.1. The van der Waals surface area contributed by atoms with Gasteiger partial charge in [0.1, 0.15) is 24.7 Å². The van der Waals surface area contributed by atoms with Gasteiger partial charge in [0.15, 0.2) is 27.8 Å². The smallest absolute Gasteiger partial charge is 0.190 e. The summed E-state index contributed by atoms with van der Waals surface area (Å²) in [4.78, 5) is 5.31. The highest BCUT2D eigenvalue weighted by atomic mass is 32.1. The van der Waals surface area contributed by atoms with Crippen molar-refractivity contribution in [2.24, 2.45) is 4.99 Å². The van der Waals surface area contributed by atoms with Gasteiger partial charge in [-0.3, -0.25) is 0 Å². The van der Waals surface area contributed by atoms with Gasteiger partial charge in [-0.15, -0.1) is 11.3 Å². The monoisotopic (exact) mass is 478 g/mol. The lowest BCUT2D eigenvalue weighted by Gasteiger charge is -2.19. The Hall–Kier alpha value is -3.78. The molecule has 5 rings (SSSR count). The fraction of sp³-hybridized carbons (Fsp3) is 0.192. The summed E-state index contributed by atoms with van der Waals surface area (Å²) in [6.07, 6.45) is 0. The van der Waals surface area contributed by atoms with Crippen LogP contribution in [0, 0.1) is 5.82 Å². The Bertz CT molecular complexity index is 1400. The van der Waals surface area contributed by atoms with Crippen LogP contribution in [0.4, 0.5) is 10.1 Å². The number of methoxy groups -OCH3 is 2. The van der Waals surface area contributed by atoms with Crippen molar-refractivity contribution in [1.29, 1.82) is 0 Å². The van der Waals surface area contributed by atoms with Crippen LogP contribution in [-0.4, -0.2) is 32.0 Å². The number of nitrogens with zero attached hydrogens (tertiary/aromatic N) is 2. The van der Waals surface area contributed by atoms with Crippen molar-refractivity contribution in [1.82, 2.24) is 4.57 Å². The summed E-state index contributed by atoms with van der Waals surface area (Å²) in [6, 6.07) is 18.2. The molecule has 8 heteroatoms. The number of ether oxygens (including phenoxy) is 4. The summed E-state index contributed by atoms with van der Waals surface area (Å²) in [5, 5.41) is 2.02. The lowest BCUT2D eigenvalue weighted by molar-refractivity contribution is 0.171. The van der Waals surface area contributed by atoms with Crippen LogP contribution in [0.2, 0.25) is 0 Å². The number of para-hydroxylation sites is 1. The second-order valence-corrected chi connectivity index (χ2v) is 8.44. The summed E-state index contributed by atoms with van der Waals surface area (Å²) in [6.45, 7) is 1.55. The normalized spacial score (nSPS) is 13.1. The number of fused-ring (bicyclic) bond motifs is 1. The molecule has 0 radical (unpaired) electrons. The Morgan fingerprint density at radius 2 is 1.74 bits per heavy atom. The summed E-state index contributed by atoms with van der Waals surface area (Å²) in [7, 11) is 3.22. The number of aromatic nitrogens is 1. The zero-order valence-corrected chi connectivity index (χ0v) is 19.6. The van der Waals surface area contributed by atoms with Gasteiger partial charge < -0.3 is 23.5 Å². The molecule has 0 fully saturated rings. The average molecular weight is 479 g/mol. The van der Waals surface area contributed by atoms with Crippen molar-refractivity contribution in [3.8, 4) is 34.3 Å². The van der Waals surface area contributed by atoms with Gasteiger partial charge >= 0.3 is 0 Å². The summed E-state index contributed by atoms with van der Waals surface area (Å²) >= 11 is 1.45. The molecule has 34 heavy (non-hydrogen) atoms. The first-order valence-electron chi connectivity index (χ1n) is 10.7. The molecule has 0 atom stereocenters. The Morgan fingerprint density at radius 3 is 2.53 bits per heavy atom. The molecule has 174 valence electrons. The van der Waals surface area contributed by atoms with Crippen LogP contribution < -0.4 is 23.7 Å². The van der Waals surface area contributed by atoms with Gasteiger partial charge in [0.2, 0.25) is 0 Å². The van der Waals surface area contributed by atoms with Crippen molar-refractivity contribution in [3.63, 3.8) is 0 Å². The van der Waals surface area contributed by atoms with Gasteiger partial charge in [0.25, 0.3) is 0 Å². The van der Waals surface area contributed by atoms with Gasteiger partial charge in [-0.1, -0.05) is 18.2 Å². The first-order chi connectivity index (χ1) is 16.7. The molecule has 0 aliphatic carbocycles. The van der Waals surface area contributed by atoms with E-state index in [1.54, 1.807) is 32.4 Å². The van der Waals surface area contributed by atoms with Crippen LogP contribution >= 0.6 is 11.3 Å². The number of thiazole rings is 1. The van der Waals surface area contributed by atoms with Crippen LogP contribution in [0.5, 0.6) is 23.0 Å². The molecule has 0 amide bonds. The summed E-state index contributed by atoms with van der Waals surface area (Å²) < 4.78 is 38.7. The Morgan fingerprint density at radius 1 is 0.941 bits per heavy atom. The molecular weight excluding hydrogens is 455 g/mol. The van der Waals surface area contributed by atoms with E-state index in [2.05, 4.69) is 9.56 Å². The van der Waals surface area contributed by atoms with Gasteiger partial charge in [-0.25, -0.2) is 9.38 Å². The second kappa shape index (κ2) is 9.61. The predicted molar refractivity (Wildman–Crippen MR) is 129 cm³/mol. The topological polar surface area (TPSA) is 54.2 Å². The summed E-state index contributed by atoms with van der Waals surface area (Å²) in [5.74, 6) is 2.37. The van der Waals surface area contributed by atoms with E-state index >= 15 is 0 Å². The van der Waals surface area contributed by atoms with E-state index in [0.29, 0.717) is 47.5 Å². The Kier molecular flexibility index (Phi) is 6.22. The maximum Gasteiger partial charge on any atom is 0.190 e. The van der Waals surface area contributed by atoms with Crippen LogP contribution in [0.3, 0.4) is 0 Å². The molecule has 3 aromatic carbocycles. The molecule has 0 saturated heterocycles. The third-order valence-corrected chi connectivity index (χ3v) is 6.36. The number of hydrogen-bond acceptors (Lipinski definition) is 6. The van der Waals surface area contributed by atoms with E-state index in [9.17, 15) is 4.39 Å². The predicted octanol–water partition coefficient (Wildman–Crippen LogP) is 5.42. The van der Waals surface area contributed by atoms with Gasteiger partial charge in [0, 0.05) is 10.9 Å². The number of halogens is 1.